The van der Waals surface area contributed by atoms with Crippen molar-refractivity contribution in [1.29, 1.82) is 0 Å². The van der Waals surface area contributed by atoms with E-state index in [4.69, 9.17) is 9.47 Å². The van der Waals surface area contributed by atoms with Gasteiger partial charge in [-0.05, 0) is 31.0 Å². The van der Waals surface area contributed by atoms with Crippen molar-refractivity contribution in [2.24, 2.45) is 10.9 Å². The topological polar surface area (TPSA) is 93.6 Å². The highest BCUT2D eigenvalue weighted by Crippen LogP contribution is 2.41. The number of H-pyrrole nitrogens is 1. The first-order valence-electron chi connectivity index (χ1n) is 9.73. The summed E-state index contributed by atoms with van der Waals surface area (Å²) in [7, 11) is 1.58. The minimum atomic E-state index is -0.733. The van der Waals surface area contributed by atoms with E-state index in [1.165, 1.54) is 17.8 Å². The molecule has 0 fully saturated rings. The highest BCUT2D eigenvalue weighted by molar-refractivity contribution is 7.99. The van der Waals surface area contributed by atoms with E-state index in [1.807, 2.05) is 12.1 Å². The molecule has 0 aliphatic carbocycles. The van der Waals surface area contributed by atoms with E-state index in [9.17, 15) is 9.59 Å². The number of hydrogen-bond donors (Lipinski definition) is 1. The van der Waals surface area contributed by atoms with Gasteiger partial charge in [0.25, 0.3) is 5.56 Å². The molecule has 2 heterocycles. The normalized spacial score (nSPS) is 17.6. The number of carbonyl (C=O) groups is 1. The Labute approximate surface area is 179 Å². The van der Waals surface area contributed by atoms with Gasteiger partial charge in [0.15, 0.2) is 11.0 Å². The van der Waals surface area contributed by atoms with Crippen LogP contribution in [0.3, 0.4) is 0 Å². The quantitative estimate of drug-likeness (QED) is 0.298. The summed E-state index contributed by atoms with van der Waals surface area (Å²) in [5.74, 6) is 0.118. The second-order valence-corrected chi connectivity index (χ2v) is 7.94. The number of methoxy groups -OCH3 is 1. The molecule has 1 N–H and O–H groups in total. The van der Waals surface area contributed by atoms with Gasteiger partial charge in [-0.2, -0.15) is 0 Å². The van der Waals surface area contributed by atoms with Crippen LogP contribution in [-0.2, 0) is 9.53 Å². The van der Waals surface area contributed by atoms with Crippen molar-refractivity contribution in [3.63, 3.8) is 0 Å². The lowest BCUT2D eigenvalue weighted by Crippen LogP contribution is -2.37. The van der Waals surface area contributed by atoms with Crippen LogP contribution in [-0.4, -0.2) is 41.1 Å². The van der Waals surface area contributed by atoms with Crippen LogP contribution in [0.1, 0.15) is 37.3 Å². The largest absolute Gasteiger partial charge is 0.497 e. The van der Waals surface area contributed by atoms with Crippen LogP contribution in [0.2, 0.25) is 0 Å². The van der Waals surface area contributed by atoms with Crippen LogP contribution in [0.25, 0.3) is 0 Å². The lowest BCUT2D eigenvalue weighted by molar-refractivity contribution is -0.145. The van der Waals surface area contributed by atoms with Crippen LogP contribution >= 0.6 is 11.8 Å². The van der Waals surface area contributed by atoms with Crippen molar-refractivity contribution in [1.82, 2.24) is 9.97 Å². The molecule has 0 bridgehead atoms. The van der Waals surface area contributed by atoms with Gasteiger partial charge < -0.3 is 14.5 Å². The van der Waals surface area contributed by atoms with Gasteiger partial charge in [-0.1, -0.05) is 43.5 Å². The van der Waals surface area contributed by atoms with Gasteiger partial charge in [-0.15, -0.1) is 0 Å². The Bertz CT molecular complexity index is 1010. The van der Waals surface area contributed by atoms with Gasteiger partial charge >= 0.3 is 5.97 Å². The number of aromatic amines is 1. The summed E-state index contributed by atoms with van der Waals surface area (Å²) in [6.45, 7) is 7.50. The molecule has 8 heteroatoms. The number of thioether (sulfide) groups is 1. The summed E-state index contributed by atoms with van der Waals surface area (Å²) in [5.41, 5.74) is 1.42. The van der Waals surface area contributed by atoms with E-state index >= 15 is 0 Å². The highest BCUT2D eigenvalue weighted by Gasteiger charge is 2.41. The molecule has 0 saturated heterocycles. The van der Waals surface area contributed by atoms with Crippen LogP contribution in [0.5, 0.6) is 5.75 Å². The van der Waals surface area contributed by atoms with Gasteiger partial charge in [0, 0.05) is 17.4 Å². The molecule has 158 valence electrons. The standard InChI is InChI=1S/C22H25N3O4S/c1-5-11-29-21(27)16-13(3)23-19-18(20(26)25-22(24-19)30-12-6-2)17(16)14-7-9-15(28-4)10-8-14/h5,7-10,16-17H,1,6,11-12H2,2-4H3,(H,24,25,26). The molecule has 30 heavy (non-hydrogen) atoms. The van der Waals surface area contributed by atoms with Crippen molar-refractivity contribution < 1.29 is 14.3 Å². The molecule has 2 atom stereocenters. The predicted molar refractivity (Wildman–Crippen MR) is 118 cm³/mol. The Hall–Kier alpha value is -2.87. The molecule has 0 radical (unpaired) electrons. The second kappa shape index (κ2) is 9.75. The van der Waals surface area contributed by atoms with E-state index in [0.29, 0.717) is 28.0 Å². The maximum absolute atomic E-state index is 13.1. The first-order valence-corrected chi connectivity index (χ1v) is 10.7. The van der Waals surface area contributed by atoms with Gasteiger partial charge in [0.2, 0.25) is 0 Å². The maximum atomic E-state index is 13.1. The highest BCUT2D eigenvalue weighted by atomic mass is 32.2. The fraction of sp³-hybridized carbons (Fsp3) is 0.364. The van der Waals surface area contributed by atoms with Crippen LogP contribution in [0, 0.1) is 5.92 Å². The summed E-state index contributed by atoms with van der Waals surface area (Å²) in [6, 6.07) is 7.29. The summed E-state index contributed by atoms with van der Waals surface area (Å²) in [5, 5.41) is 0.526. The Morgan fingerprint density at radius 2 is 2.07 bits per heavy atom. The molecule has 0 saturated carbocycles. The van der Waals surface area contributed by atoms with Crippen molar-refractivity contribution in [2.75, 3.05) is 19.5 Å². The van der Waals surface area contributed by atoms with Crippen LogP contribution < -0.4 is 10.3 Å². The van der Waals surface area contributed by atoms with Crippen molar-refractivity contribution >= 4 is 29.3 Å². The monoisotopic (exact) mass is 427 g/mol. The predicted octanol–water partition coefficient (Wildman–Crippen LogP) is 3.86. The van der Waals surface area contributed by atoms with Crippen molar-refractivity contribution in [3.05, 3.63) is 58.4 Å². The van der Waals surface area contributed by atoms with Crippen LogP contribution in [0.15, 0.2) is 51.9 Å². The van der Waals surface area contributed by atoms with Crippen molar-refractivity contribution in [3.8, 4) is 5.75 Å². The molecule has 1 aliphatic rings. The molecule has 0 spiro atoms. The molecular weight excluding hydrogens is 402 g/mol. The average Bonchev–Trinajstić information content (AvgIpc) is 2.75. The van der Waals surface area contributed by atoms with Gasteiger partial charge in [0.1, 0.15) is 18.3 Å². The third kappa shape index (κ3) is 4.48. The Balaban J connectivity index is 2.14. The molecule has 1 aromatic carbocycles. The maximum Gasteiger partial charge on any atom is 0.315 e. The molecule has 1 aromatic heterocycles. The second-order valence-electron chi connectivity index (χ2n) is 6.86. The van der Waals surface area contributed by atoms with E-state index in [0.717, 1.165) is 17.7 Å². The Morgan fingerprint density at radius 1 is 1.33 bits per heavy atom. The number of aliphatic imine (C=N–C) groups is 1. The van der Waals surface area contributed by atoms with Gasteiger partial charge in [-0.3, -0.25) is 9.59 Å². The SMILES string of the molecule is C=CCOC(=O)C1C(C)=Nc2nc(SCCC)[nH]c(=O)c2C1c1ccc(OC)cc1. The lowest BCUT2D eigenvalue weighted by Gasteiger charge is -2.30. The Kier molecular flexibility index (Phi) is 7.10. The fourth-order valence-corrected chi connectivity index (χ4v) is 4.15. The van der Waals surface area contributed by atoms with E-state index in [2.05, 4.69) is 28.5 Å². The minimum Gasteiger partial charge on any atom is -0.497 e. The molecule has 7 nitrogen and oxygen atoms in total. The molecule has 2 unspecified atom stereocenters. The zero-order valence-electron chi connectivity index (χ0n) is 17.3. The van der Waals surface area contributed by atoms with Gasteiger partial charge in [0.05, 0.1) is 12.7 Å². The molecular formula is C22H25N3O4S. The number of hydrogen-bond acceptors (Lipinski definition) is 7. The van der Waals surface area contributed by atoms with Crippen LogP contribution in [0.4, 0.5) is 5.82 Å². The zero-order valence-corrected chi connectivity index (χ0v) is 18.1. The lowest BCUT2D eigenvalue weighted by atomic mass is 9.77. The number of fused-ring (bicyclic) bond motifs is 1. The van der Waals surface area contributed by atoms with Gasteiger partial charge in [-0.25, -0.2) is 9.98 Å². The first kappa shape index (κ1) is 21.8. The first-order chi connectivity index (χ1) is 14.5. The number of rotatable bonds is 8. The molecule has 1 aliphatic heterocycles. The number of aromatic nitrogens is 2. The Morgan fingerprint density at radius 3 is 2.70 bits per heavy atom. The molecule has 0 amide bonds. The molecule has 2 aromatic rings. The zero-order chi connectivity index (χ0) is 21.7. The number of carbonyl (C=O) groups excluding carboxylic acids is 1. The minimum absolute atomic E-state index is 0.0893. The fourth-order valence-electron chi connectivity index (χ4n) is 3.44. The number of nitrogens with zero attached hydrogens (tertiary/aromatic N) is 2. The molecule has 3 rings (SSSR count). The van der Waals surface area contributed by atoms with Crippen molar-refractivity contribution in [2.45, 2.75) is 31.3 Å². The summed E-state index contributed by atoms with van der Waals surface area (Å²) >= 11 is 1.47. The smallest absolute Gasteiger partial charge is 0.315 e. The number of ether oxygens (including phenoxy) is 2. The van der Waals surface area contributed by atoms with E-state index < -0.39 is 17.8 Å². The number of benzene rings is 1. The summed E-state index contributed by atoms with van der Waals surface area (Å²) in [4.78, 5) is 37.9. The summed E-state index contributed by atoms with van der Waals surface area (Å²) < 4.78 is 10.6. The third-order valence-corrected chi connectivity index (χ3v) is 5.88. The number of esters is 1. The average molecular weight is 428 g/mol. The van der Waals surface area contributed by atoms with E-state index in [1.54, 1.807) is 26.2 Å². The third-order valence-electron chi connectivity index (χ3n) is 4.81. The summed E-state index contributed by atoms with van der Waals surface area (Å²) in [6.07, 6.45) is 2.47. The van der Waals surface area contributed by atoms with E-state index in [-0.39, 0.29) is 12.2 Å². The number of nitrogens with one attached hydrogen (secondary N) is 1.